The summed E-state index contributed by atoms with van der Waals surface area (Å²) in [6.07, 6.45) is 6.94. The number of thiazole rings is 1. The minimum absolute atomic E-state index is 0.191. The first-order valence-electron chi connectivity index (χ1n) is 9.40. The van der Waals surface area contributed by atoms with Gasteiger partial charge in [-0.15, -0.1) is 11.3 Å². The zero-order valence-electron chi connectivity index (χ0n) is 15.9. The van der Waals surface area contributed by atoms with Gasteiger partial charge in [-0.05, 0) is 42.3 Å². The van der Waals surface area contributed by atoms with Gasteiger partial charge in [-0.3, -0.25) is 14.8 Å². The minimum Gasteiger partial charge on any atom is -0.299 e. The predicted octanol–water partition coefficient (Wildman–Crippen LogP) is 5.20. The van der Waals surface area contributed by atoms with E-state index in [9.17, 15) is 10.1 Å². The van der Waals surface area contributed by atoms with Crippen molar-refractivity contribution in [1.82, 2.24) is 15.0 Å². The molecule has 0 unspecified atom stereocenters. The summed E-state index contributed by atoms with van der Waals surface area (Å²) in [7, 11) is 0. The first-order valence-corrected chi connectivity index (χ1v) is 10.2. The number of ketones is 1. The lowest BCUT2D eigenvalue weighted by Gasteiger charge is -2.08. The molecule has 0 spiro atoms. The van der Waals surface area contributed by atoms with Crippen molar-refractivity contribution in [2.24, 2.45) is 0 Å². The number of Topliss-reactive ketones (excluding diaryl/α,β-unsaturated/α-hetero) is 1. The van der Waals surface area contributed by atoms with Gasteiger partial charge in [0.1, 0.15) is 16.9 Å². The lowest BCUT2D eigenvalue weighted by Crippen LogP contribution is -2.00. The average molecular weight is 398 g/mol. The summed E-state index contributed by atoms with van der Waals surface area (Å²) < 4.78 is 0.937. The van der Waals surface area contributed by atoms with Crippen LogP contribution in [-0.2, 0) is 11.2 Å². The molecular weight excluding hydrogens is 380 g/mol. The van der Waals surface area contributed by atoms with E-state index in [0.717, 1.165) is 38.3 Å². The van der Waals surface area contributed by atoms with E-state index < -0.39 is 0 Å². The summed E-state index contributed by atoms with van der Waals surface area (Å²) in [6.45, 7) is 2.00. The van der Waals surface area contributed by atoms with Gasteiger partial charge in [0, 0.05) is 36.1 Å². The van der Waals surface area contributed by atoms with E-state index in [-0.39, 0.29) is 5.78 Å². The van der Waals surface area contributed by atoms with Gasteiger partial charge in [0.05, 0.1) is 27.9 Å². The molecular formula is C23H18N4OS. The van der Waals surface area contributed by atoms with Crippen molar-refractivity contribution in [3.63, 3.8) is 0 Å². The highest BCUT2D eigenvalue weighted by molar-refractivity contribution is 7.19. The summed E-state index contributed by atoms with van der Waals surface area (Å²) in [6, 6.07) is 13.7. The Balaban J connectivity index is 1.92. The second-order valence-electron chi connectivity index (χ2n) is 6.70. The number of rotatable bonds is 6. The number of carbonyl (C=O) groups is 1. The molecule has 142 valence electrons. The van der Waals surface area contributed by atoms with Crippen molar-refractivity contribution in [2.45, 2.75) is 26.2 Å². The molecule has 3 aromatic heterocycles. The number of aromatic nitrogens is 3. The lowest BCUT2D eigenvalue weighted by atomic mass is 10.00. The van der Waals surface area contributed by atoms with Crippen LogP contribution in [0.4, 0.5) is 0 Å². The minimum atomic E-state index is 0.191. The van der Waals surface area contributed by atoms with E-state index >= 15 is 0 Å². The summed E-state index contributed by atoms with van der Waals surface area (Å²) in [5.74, 6) is 0.191. The van der Waals surface area contributed by atoms with Crippen molar-refractivity contribution in [2.75, 3.05) is 0 Å². The molecule has 0 saturated heterocycles. The van der Waals surface area contributed by atoms with Crippen LogP contribution in [0.5, 0.6) is 0 Å². The van der Waals surface area contributed by atoms with Crippen LogP contribution in [0.25, 0.3) is 32.6 Å². The molecule has 0 atom stereocenters. The fraction of sp³-hybridized carbons (Fsp3) is 0.174. The van der Waals surface area contributed by atoms with E-state index in [1.54, 1.807) is 30.7 Å². The molecule has 0 N–H and O–H groups in total. The molecule has 0 amide bonds. The van der Waals surface area contributed by atoms with Gasteiger partial charge >= 0.3 is 0 Å². The first kappa shape index (κ1) is 18.9. The number of hydrogen-bond donors (Lipinski definition) is 0. The Morgan fingerprint density at radius 2 is 2.03 bits per heavy atom. The van der Waals surface area contributed by atoms with Gasteiger partial charge in [0.25, 0.3) is 0 Å². The molecule has 0 radical (unpaired) electrons. The second kappa shape index (κ2) is 8.29. The molecule has 0 fully saturated rings. The van der Waals surface area contributed by atoms with Crippen LogP contribution in [0, 0.1) is 11.3 Å². The third-order valence-corrected chi connectivity index (χ3v) is 5.69. The van der Waals surface area contributed by atoms with Gasteiger partial charge < -0.3 is 0 Å². The normalized spacial score (nSPS) is 10.8. The number of pyridine rings is 2. The lowest BCUT2D eigenvalue weighted by molar-refractivity contribution is -0.118. The predicted molar refractivity (Wildman–Crippen MR) is 114 cm³/mol. The van der Waals surface area contributed by atoms with Crippen molar-refractivity contribution in [3.05, 3.63) is 65.6 Å². The first-order chi connectivity index (χ1) is 14.2. The zero-order valence-corrected chi connectivity index (χ0v) is 16.7. The molecule has 4 aromatic rings. The van der Waals surface area contributed by atoms with E-state index in [1.807, 2.05) is 31.2 Å². The number of carbonyl (C=O) groups excluding carboxylic acids is 1. The van der Waals surface area contributed by atoms with Gasteiger partial charge in [0.2, 0.25) is 0 Å². The summed E-state index contributed by atoms with van der Waals surface area (Å²) >= 11 is 1.50. The monoisotopic (exact) mass is 398 g/mol. The molecule has 0 bridgehead atoms. The number of benzene rings is 1. The average Bonchev–Trinajstić information content (AvgIpc) is 3.16. The maximum absolute atomic E-state index is 12.1. The molecule has 0 aliphatic heterocycles. The standard InChI is InChI=1S/C23H18N4OS/c1-2-5-18(28)12-21-27-20-11-17(16-7-3-8-25-14-16)10-19(23(20)29-21)22-15(13-24)6-4-9-26-22/h3-4,6-11,14H,2,5,12H2,1H3. The summed E-state index contributed by atoms with van der Waals surface area (Å²) in [4.78, 5) is 25.6. The molecule has 0 aliphatic rings. The van der Waals surface area contributed by atoms with Crippen LogP contribution >= 0.6 is 11.3 Å². The molecule has 0 aliphatic carbocycles. The van der Waals surface area contributed by atoms with Gasteiger partial charge in [-0.25, -0.2) is 4.98 Å². The topological polar surface area (TPSA) is 79.5 Å². The third kappa shape index (κ3) is 3.91. The Hall–Kier alpha value is -3.43. The van der Waals surface area contributed by atoms with Gasteiger partial charge in [0.15, 0.2) is 0 Å². The molecule has 3 heterocycles. The largest absolute Gasteiger partial charge is 0.299 e. The molecule has 5 nitrogen and oxygen atoms in total. The zero-order chi connectivity index (χ0) is 20.2. The van der Waals surface area contributed by atoms with Gasteiger partial charge in [-0.1, -0.05) is 13.0 Å². The second-order valence-corrected chi connectivity index (χ2v) is 7.78. The smallest absolute Gasteiger partial charge is 0.139 e. The molecule has 29 heavy (non-hydrogen) atoms. The Morgan fingerprint density at radius 3 is 2.79 bits per heavy atom. The SMILES string of the molecule is CCCC(=O)Cc1nc2cc(-c3cccnc3)cc(-c3ncccc3C#N)c2s1. The quantitative estimate of drug-likeness (QED) is 0.446. The highest BCUT2D eigenvalue weighted by atomic mass is 32.1. The van der Waals surface area contributed by atoms with Crippen LogP contribution < -0.4 is 0 Å². The van der Waals surface area contributed by atoms with E-state index in [0.29, 0.717) is 24.1 Å². The Kier molecular flexibility index (Phi) is 5.41. The Bertz CT molecular complexity index is 1220. The van der Waals surface area contributed by atoms with Crippen LogP contribution in [0.1, 0.15) is 30.3 Å². The molecule has 1 aromatic carbocycles. The van der Waals surface area contributed by atoms with Crippen molar-refractivity contribution < 1.29 is 4.79 Å². The fourth-order valence-electron chi connectivity index (χ4n) is 3.28. The van der Waals surface area contributed by atoms with Crippen LogP contribution in [-0.4, -0.2) is 20.7 Å². The number of nitrogens with zero attached hydrogens (tertiary/aromatic N) is 4. The Morgan fingerprint density at radius 1 is 1.17 bits per heavy atom. The molecule has 4 rings (SSSR count). The summed E-state index contributed by atoms with van der Waals surface area (Å²) in [5.41, 5.74) is 4.70. The maximum Gasteiger partial charge on any atom is 0.139 e. The number of nitriles is 1. The van der Waals surface area contributed by atoms with Crippen LogP contribution in [0.3, 0.4) is 0 Å². The van der Waals surface area contributed by atoms with Crippen molar-refractivity contribution in [3.8, 4) is 28.5 Å². The number of hydrogen-bond acceptors (Lipinski definition) is 6. The fourth-order valence-corrected chi connectivity index (χ4v) is 4.36. The van der Waals surface area contributed by atoms with E-state index in [1.165, 1.54) is 11.3 Å². The van der Waals surface area contributed by atoms with E-state index in [4.69, 9.17) is 4.98 Å². The molecule has 0 saturated carbocycles. The van der Waals surface area contributed by atoms with Crippen molar-refractivity contribution >= 4 is 27.3 Å². The molecule has 6 heteroatoms. The summed E-state index contributed by atoms with van der Waals surface area (Å²) in [5, 5.41) is 10.4. The van der Waals surface area contributed by atoms with Gasteiger partial charge in [-0.2, -0.15) is 5.26 Å². The highest BCUT2D eigenvalue weighted by Crippen LogP contribution is 2.37. The van der Waals surface area contributed by atoms with E-state index in [2.05, 4.69) is 16.0 Å². The van der Waals surface area contributed by atoms with Crippen molar-refractivity contribution in [1.29, 1.82) is 5.26 Å². The highest BCUT2D eigenvalue weighted by Gasteiger charge is 2.17. The van der Waals surface area contributed by atoms with Crippen LogP contribution in [0.2, 0.25) is 0 Å². The third-order valence-electron chi connectivity index (χ3n) is 4.59. The number of fused-ring (bicyclic) bond motifs is 1. The van der Waals surface area contributed by atoms with Crippen LogP contribution in [0.15, 0.2) is 55.0 Å². The maximum atomic E-state index is 12.1. The Labute approximate surface area is 172 Å².